The summed E-state index contributed by atoms with van der Waals surface area (Å²) in [6, 6.07) is 52.5. The number of unbranched alkanes of at least 4 members (excludes halogenated alkanes) is 20. The van der Waals surface area contributed by atoms with Gasteiger partial charge < -0.3 is 0 Å². The van der Waals surface area contributed by atoms with Crippen molar-refractivity contribution in [3.63, 3.8) is 0 Å². The van der Waals surface area contributed by atoms with Gasteiger partial charge in [-0.15, -0.1) is 120 Å². The molecule has 3 aromatic carbocycles. The summed E-state index contributed by atoms with van der Waals surface area (Å²) >= 11 is 20.0. The first-order valence-electron chi connectivity index (χ1n) is 51.8. The Morgan fingerprint density at radius 1 is 0.353 bits per heavy atom. The number of thiophene rings is 10. The van der Waals surface area contributed by atoms with Crippen molar-refractivity contribution in [2.45, 2.75) is 332 Å². The number of nitriles is 3. The predicted octanol–water partition coefficient (Wildman–Crippen LogP) is 40.2. The number of terminal acetylenes is 1. The van der Waals surface area contributed by atoms with Gasteiger partial charge in [0.05, 0.1) is 5.92 Å². The van der Waals surface area contributed by atoms with Crippen LogP contribution in [-0.4, -0.2) is 11.6 Å². The molecule has 0 saturated carbocycles. The number of fused-ring (bicyclic) bond motifs is 4. The third kappa shape index (κ3) is 23.6. The van der Waals surface area contributed by atoms with E-state index in [0.29, 0.717) is 51.7 Å². The van der Waals surface area contributed by atoms with Crippen LogP contribution in [0.1, 0.15) is 359 Å². The number of Topliss-reactive ketones (excluding diaryl/α,β-unsaturated/α-hetero) is 2. The number of benzene rings is 3. The molecule has 5 nitrogen and oxygen atoms in total. The number of hydrogen-bond donors (Lipinski definition) is 0. The van der Waals surface area contributed by atoms with Crippen molar-refractivity contribution in [1.82, 2.24) is 0 Å². The summed E-state index contributed by atoms with van der Waals surface area (Å²) in [5.74, 6) is 3.38. The first-order chi connectivity index (χ1) is 66.7. The summed E-state index contributed by atoms with van der Waals surface area (Å²) in [5.41, 5.74) is 15.8. The van der Waals surface area contributed by atoms with Gasteiger partial charge in [0.15, 0.2) is 11.6 Å². The Kier molecular flexibility index (Phi) is 37.7. The lowest BCUT2D eigenvalue weighted by molar-refractivity contribution is 0.0957. The monoisotopic (exact) mass is 1980 g/mol. The summed E-state index contributed by atoms with van der Waals surface area (Å²) in [7, 11) is 0. The zero-order valence-corrected chi connectivity index (χ0v) is 90.3. The van der Waals surface area contributed by atoms with Crippen molar-refractivity contribution in [3.05, 3.63) is 213 Å². The number of hydrogen-bond acceptors (Lipinski definition) is 15. The largest absolute Gasteiger partial charge is 0.293 e. The molecule has 3 atom stereocenters. The Balaban J connectivity index is 0.918. The van der Waals surface area contributed by atoms with Crippen LogP contribution in [0, 0.1) is 64.1 Å². The fraction of sp³-hybridized carbons (Fsp3) is 0.446. The molecule has 0 bridgehead atoms. The van der Waals surface area contributed by atoms with E-state index in [2.05, 4.69) is 223 Å². The van der Waals surface area contributed by atoms with Gasteiger partial charge in [-0.2, -0.15) is 15.8 Å². The molecule has 15 heteroatoms. The molecule has 0 N–H and O–H groups in total. The lowest BCUT2D eigenvalue weighted by atomic mass is 9.91. The fourth-order valence-electron chi connectivity index (χ4n) is 20.6. The van der Waals surface area contributed by atoms with Gasteiger partial charge in [0, 0.05) is 141 Å². The molecular weight excluding hydrogens is 1850 g/mol. The molecule has 708 valence electrons. The minimum Gasteiger partial charge on any atom is -0.293 e. The predicted molar refractivity (Wildman–Crippen MR) is 601 cm³/mol. The van der Waals surface area contributed by atoms with Gasteiger partial charge in [0.1, 0.15) is 29.4 Å². The zero-order chi connectivity index (χ0) is 95.1. The number of aryl methyl sites for hydroxylation is 6. The highest BCUT2D eigenvalue weighted by Gasteiger charge is 2.39. The highest BCUT2D eigenvalue weighted by molar-refractivity contribution is 7.32. The van der Waals surface area contributed by atoms with Crippen LogP contribution in [0.15, 0.2) is 138 Å². The normalized spacial score (nSPS) is 14.2. The standard InChI is InChI=1S/C121H137N3O2S10/c1-12-23-31-37-49-81-65-90(71-96-108(80(22-11)75-122)92-55-43-45-57-94(92)112(96)125)129-114(81)102-67-83(51-39-33-25-14-3)116(131-102)104-69-85(53-41-35-27-16-5)118(133-104)106-73-98-110(100-61-59-88(127-100)63-78(20-9)47-29-18-7)121-99(111(120(98)135-106)101-62-60-89(128-101)64-79(21-10)48-30-19-8)74-107(136-121)119-86(54-42-36-28-17-6)70-105(134-119)117-84(52-40-34-26-15-4)68-103(132-117)115-82(50-38-32-24-13-2)66-91(130-115)72-97-109(87(76-123)77-124)93-56-44-46-58-95(93)113(97)126/h11,43-46,55-62,65-70,72-74,78-79,96H,12-21,23-42,47-54,63-64,71H2,1-10H3/b97-72-,108-80-. The topological polar surface area (TPSA) is 106 Å². The van der Waals surface area contributed by atoms with Gasteiger partial charge in [0.2, 0.25) is 0 Å². The van der Waals surface area contributed by atoms with Gasteiger partial charge in [-0.25, -0.2) is 0 Å². The van der Waals surface area contributed by atoms with Crippen molar-refractivity contribution >= 4 is 162 Å². The minimum atomic E-state index is -0.520. The van der Waals surface area contributed by atoms with E-state index in [1.165, 1.54) is 302 Å². The quantitative estimate of drug-likeness (QED) is 0.0163. The summed E-state index contributed by atoms with van der Waals surface area (Å²) in [6.45, 7) is 23.4. The summed E-state index contributed by atoms with van der Waals surface area (Å²) in [6.07, 6.45) is 54.8. The maximum atomic E-state index is 14.6. The van der Waals surface area contributed by atoms with Gasteiger partial charge in [-0.1, -0.05) is 291 Å². The van der Waals surface area contributed by atoms with E-state index < -0.39 is 5.92 Å². The number of rotatable bonds is 53. The van der Waals surface area contributed by atoms with Crippen LogP contribution in [0.2, 0.25) is 0 Å². The van der Waals surface area contributed by atoms with E-state index in [1.807, 2.05) is 100.0 Å². The van der Waals surface area contributed by atoms with Crippen LogP contribution in [0.4, 0.5) is 0 Å². The second-order valence-corrected chi connectivity index (χ2v) is 49.0. The molecule has 2 aliphatic carbocycles. The molecule has 0 radical (unpaired) electrons. The third-order valence-corrected chi connectivity index (χ3v) is 40.9. The lowest BCUT2D eigenvalue weighted by Crippen LogP contribution is -2.12. The number of carbonyl (C=O) groups is 2. The Morgan fingerprint density at radius 3 is 1.10 bits per heavy atom. The summed E-state index contributed by atoms with van der Waals surface area (Å²) < 4.78 is 2.81. The van der Waals surface area contributed by atoms with Crippen molar-refractivity contribution < 1.29 is 9.59 Å². The second kappa shape index (κ2) is 50.2. The van der Waals surface area contributed by atoms with Crippen LogP contribution in [-0.2, 0) is 57.8 Å². The molecule has 136 heavy (non-hydrogen) atoms. The molecule has 10 aromatic heterocycles. The van der Waals surface area contributed by atoms with Gasteiger partial charge >= 0.3 is 0 Å². The smallest absolute Gasteiger partial charge is 0.194 e. The van der Waals surface area contributed by atoms with Crippen LogP contribution >= 0.6 is 113 Å². The van der Waals surface area contributed by atoms with E-state index in [-0.39, 0.29) is 22.7 Å². The lowest BCUT2D eigenvalue weighted by Gasteiger charge is -2.13. The van der Waals surface area contributed by atoms with Crippen molar-refractivity contribution in [2.24, 2.45) is 17.8 Å². The maximum Gasteiger partial charge on any atom is 0.194 e. The highest BCUT2D eigenvalue weighted by Crippen LogP contribution is 2.59. The highest BCUT2D eigenvalue weighted by atomic mass is 32.1. The molecule has 13 aromatic rings. The minimum absolute atomic E-state index is 0.0325. The Bertz CT molecular complexity index is 6440. The first kappa shape index (κ1) is 102. The molecule has 0 aliphatic heterocycles. The van der Waals surface area contributed by atoms with Crippen LogP contribution < -0.4 is 0 Å². The zero-order valence-electron chi connectivity index (χ0n) is 82.2. The molecular formula is C121H137N3O2S10. The van der Waals surface area contributed by atoms with Gasteiger partial charge in [-0.3, -0.25) is 9.59 Å². The molecule has 2 aliphatic rings. The average molecular weight is 1990 g/mol. The Labute approximate surface area is 853 Å². The van der Waals surface area contributed by atoms with Crippen molar-refractivity contribution in [3.8, 4) is 110 Å². The van der Waals surface area contributed by atoms with Crippen molar-refractivity contribution in [1.29, 1.82) is 15.8 Å². The van der Waals surface area contributed by atoms with E-state index in [1.54, 1.807) is 11.3 Å². The maximum absolute atomic E-state index is 14.6. The Hall–Kier alpha value is -8.23. The second-order valence-electron chi connectivity index (χ2n) is 38.1. The van der Waals surface area contributed by atoms with Crippen molar-refractivity contribution in [2.75, 3.05) is 0 Å². The number of allylic oxidation sites excluding steroid dienone is 5. The van der Waals surface area contributed by atoms with Gasteiger partial charge in [-0.05, 0) is 237 Å². The van der Waals surface area contributed by atoms with Gasteiger partial charge in [0.25, 0.3) is 0 Å². The molecule has 0 amide bonds. The molecule has 0 spiro atoms. The summed E-state index contributed by atoms with van der Waals surface area (Å²) in [4.78, 5) is 53.4. The summed E-state index contributed by atoms with van der Waals surface area (Å²) in [5, 5.41) is 34.1. The van der Waals surface area contributed by atoms with Crippen LogP contribution in [0.5, 0.6) is 0 Å². The number of nitrogens with zero attached hydrogens (tertiary/aromatic N) is 3. The number of carbonyl (C=O) groups excluding carboxylic acids is 2. The number of ketones is 2. The van der Waals surface area contributed by atoms with E-state index in [4.69, 9.17) is 6.42 Å². The van der Waals surface area contributed by atoms with E-state index in [0.717, 1.165) is 113 Å². The molecule has 0 saturated heterocycles. The third-order valence-electron chi connectivity index (χ3n) is 28.2. The van der Waals surface area contributed by atoms with Crippen LogP contribution in [0.25, 0.3) is 117 Å². The average Bonchev–Trinajstić information content (AvgIpc) is 1.55. The molecule has 15 rings (SSSR count). The SMILES string of the molecule is C#C/C(C#N)=C1\c2ccccc2C(=O)C1Cc1cc(CCCCCC)c(-c2cc(CCCCCC)c(-c3cc(CCCCCC)c(-c4cc5c(-c6ccc(CC(CC)CCCC)s6)c6sc(-c7sc(-c8sc(-c9sc(/C=C%10\C(=O)c%11ccccc%11C%10=C(C#N)C#N)cc9CCCCCC)cc8CCCCCC)cc7CCCCCC)cc6c(-c6ccc(CC(CC)CCCC)s6)c5s4)s3)s2)s1. The molecule has 0 fully saturated rings. The van der Waals surface area contributed by atoms with E-state index in [9.17, 15) is 25.4 Å². The Morgan fingerprint density at radius 2 is 0.713 bits per heavy atom. The van der Waals surface area contributed by atoms with E-state index >= 15 is 0 Å². The van der Waals surface area contributed by atoms with Crippen LogP contribution in [0.3, 0.4) is 0 Å². The molecule has 10 heterocycles. The fourth-order valence-corrected chi connectivity index (χ4v) is 33.6. The first-order valence-corrected chi connectivity index (χ1v) is 60.0. The molecule has 3 unspecified atom stereocenters.